The lowest BCUT2D eigenvalue weighted by Gasteiger charge is -2.27. The van der Waals surface area contributed by atoms with E-state index in [1.54, 1.807) is 0 Å². The maximum atomic E-state index is 12.5. The van der Waals surface area contributed by atoms with Gasteiger partial charge in [0.05, 0.1) is 19.1 Å². The molecule has 1 heterocycles. The lowest BCUT2D eigenvalue weighted by Crippen LogP contribution is -2.49. The van der Waals surface area contributed by atoms with Gasteiger partial charge >= 0.3 is 12.1 Å². The summed E-state index contributed by atoms with van der Waals surface area (Å²) in [6, 6.07) is -0.864. The zero-order valence-electron chi connectivity index (χ0n) is 13.2. The van der Waals surface area contributed by atoms with E-state index >= 15 is 0 Å². The molecule has 3 atom stereocenters. The number of halogens is 3. The highest BCUT2D eigenvalue weighted by Crippen LogP contribution is 2.27. The van der Waals surface area contributed by atoms with Crippen LogP contribution in [0.5, 0.6) is 0 Å². The minimum absolute atomic E-state index is 0.0889. The van der Waals surface area contributed by atoms with E-state index in [2.05, 4.69) is 5.32 Å². The summed E-state index contributed by atoms with van der Waals surface area (Å²) in [5.74, 6) is -1.19. The fourth-order valence-electron chi connectivity index (χ4n) is 3.47. The average molecular weight is 336 g/mol. The van der Waals surface area contributed by atoms with Gasteiger partial charge in [0.1, 0.15) is 6.54 Å². The van der Waals surface area contributed by atoms with Crippen LogP contribution >= 0.6 is 0 Å². The van der Waals surface area contributed by atoms with Crippen molar-refractivity contribution in [3.8, 4) is 0 Å². The fraction of sp³-hybridized carbons (Fsp3) is 0.867. The highest BCUT2D eigenvalue weighted by Gasteiger charge is 2.41. The van der Waals surface area contributed by atoms with Crippen LogP contribution in [0.15, 0.2) is 0 Å². The smallest absolute Gasteiger partial charge is 0.406 e. The molecule has 132 valence electrons. The number of carbonyl (C=O) groups is 2. The second-order valence-electron chi connectivity index (χ2n) is 6.26. The Kier molecular flexibility index (Phi) is 5.89. The first kappa shape index (κ1) is 18.0. The summed E-state index contributed by atoms with van der Waals surface area (Å²) in [7, 11) is 1.33. The van der Waals surface area contributed by atoms with Crippen LogP contribution in [-0.2, 0) is 14.3 Å². The van der Waals surface area contributed by atoms with E-state index in [1.807, 2.05) is 0 Å². The number of nitrogens with one attached hydrogen (secondary N) is 1. The number of nitrogens with zero attached hydrogens (tertiary/aromatic N) is 1. The average Bonchev–Trinajstić information content (AvgIpc) is 2.69. The first-order valence-electron chi connectivity index (χ1n) is 8.01. The zero-order chi connectivity index (χ0) is 17.0. The molecule has 1 N–H and O–H groups in total. The van der Waals surface area contributed by atoms with Gasteiger partial charge in [0.25, 0.3) is 0 Å². The van der Waals surface area contributed by atoms with Gasteiger partial charge in [-0.05, 0) is 19.3 Å². The molecular weight excluding hydrogens is 313 g/mol. The summed E-state index contributed by atoms with van der Waals surface area (Å²) in [5, 5.41) is 3.13. The van der Waals surface area contributed by atoms with Crippen LogP contribution in [0.2, 0.25) is 0 Å². The van der Waals surface area contributed by atoms with Gasteiger partial charge in [0, 0.05) is 12.6 Å². The van der Waals surface area contributed by atoms with Gasteiger partial charge < -0.3 is 15.0 Å². The number of alkyl halides is 3. The largest absolute Gasteiger partial charge is 0.469 e. The minimum atomic E-state index is -4.39. The van der Waals surface area contributed by atoms with E-state index in [1.165, 1.54) is 7.11 Å². The predicted octanol–water partition coefficient (Wildman–Crippen LogP) is 1.86. The van der Waals surface area contributed by atoms with E-state index in [9.17, 15) is 22.8 Å². The fourth-order valence-corrected chi connectivity index (χ4v) is 3.47. The number of ether oxygens (including phenoxy) is 1. The summed E-state index contributed by atoms with van der Waals surface area (Å²) in [6.45, 7) is -1.12. The number of hydrogen-bond donors (Lipinski definition) is 1. The number of hydrogen-bond acceptors (Lipinski definition) is 4. The molecule has 1 saturated carbocycles. The Morgan fingerprint density at radius 1 is 1.26 bits per heavy atom. The van der Waals surface area contributed by atoms with Crippen molar-refractivity contribution in [3.05, 3.63) is 0 Å². The molecule has 1 amide bonds. The summed E-state index contributed by atoms with van der Waals surface area (Å²) in [5.41, 5.74) is 0. The van der Waals surface area contributed by atoms with Crippen LogP contribution in [0.4, 0.5) is 13.2 Å². The second kappa shape index (κ2) is 7.51. The van der Waals surface area contributed by atoms with Gasteiger partial charge in [-0.2, -0.15) is 13.2 Å². The number of carbonyl (C=O) groups excluding carboxylic acids is 2. The van der Waals surface area contributed by atoms with Crippen molar-refractivity contribution in [3.63, 3.8) is 0 Å². The summed E-state index contributed by atoms with van der Waals surface area (Å²) < 4.78 is 42.2. The Labute approximate surface area is 133 Å². The van der Waals surface area contributed by atoms with Crippen molar-refractivity contribution in [2.75, 3.05) is 20.2 Å². The molecule has 8 heteroatoms. The monoisotopic (exact) mass is 336 g/mol. The third kappa shape index (κ3) is 4.83. The molecule has 5 nitrogen and oxygen atoms in total. The number of amides is 1. The molecule has 2 aliphatic rings. The standard InChI is InChI=1S/C15H23F3N2O3/c1-23-14(22)10-5-3-2-4-6-11(10)19-12-7-8-20(13(12)21)9-15(16,17)18/h10-12,19H,2-9H2,1H3/t10-,11-,12-/m1/s1. The molecule has 0 aromatic heterocycles. The molecule has 2 fully saturated rings. The van der Waals surface area contributed by atoms with Gasteiger partial charge in [-0.15, -0.1) is 0 Å². The minimum Gasteiger partial charge on any atom is -0.469 e. The van der Waals surface area contributed by atoms with Crippen molar-refractivity contribution in [2.24, 2.45) is 5.92 Å². The van der Waals surface area contributed by atoms with Gasteiger partial charge in [0.15, 0.2) is 0 Å². The Morgan fingerprint density at radius 2 is 1.96 bits per heavy atom. The van der Waals surface area contributed by atoms with Crippen molar-refractivity contribution >= 4 is 11.9 Å². The Hall–Kier alpha value is -1.31. The molecule has 1 aliphatic carbocycles. The Bertz CT molecular complexity index is 442. The maximum Gasteiger partial charge on any atom is 0.406 e. The highest BCUT2D eigenvalue weighted by atomic mass is 19.4. The van der Waals surface area contributed by atoms with Crippen molar-refractivity contribution in [2.45, 2.75) is 56.8 Å². The SMILES string of the molecule is COC(=O)[C@@H]1CCCCC[C@H]1N[C@@H]1CCN(CC(F)(F)F)C1=O. The van der Waals surface area contributed by atoms with Crippen LogP contribution in [0.3, 0.4) is 0 Å². The number of rotatable bonds is 4. The highest BCUT2D eigenvalue weighted by molar-refractivity contribution is 5.84. The van der Waals surface area contributed by atoms with Crippen LogP contribution in [0.25, 0.3) is 0 Å². The first-order valence-corrected chi connectivity index (χ1v) is 8.01. The lowest BCUT2D eigenvalue weighted by molar-refractivity contribution is -0.158. The topological polar surface area (TPSA) is 58.6 Å². The molecule has 0 aromatic carbocycles. The molecule has 2 rings (SSSR count). The van der Waals surface area contributed by atoms with Crippen molar-refractivity contribution in [1.82, 2.24) is 10.2 Å². The molecule has 23 heavy (non-hydrogen) atoms. The van der Waals surface area contributed by atoms with Crippen LogP contribution in [-0.4, -0.2) is 55.2 Å². The van der Waals surface area contributed by atoms with E-state index in [4.69, 9.17) is 4.74 Å². The van der Waals surface area contributed by atoms with E-state index < -0.39 is 24.7 Å². The van der Waals surface area contributed by atoms with Crippen LogP contribution in [0.1, 0.15) is 38.5 Å². The molecule has 0 aromatic rings. The van der Waals surface area contributed by atoms with E-state index in [0.29, 0.717) is 12.8 Å². The number of likely N-dealkylation sites (tertiary alicyclic amines) is 1. The lowest BCUT2D eigenvalue weighted by atomic mass is 9.94. The second-order valence-corrected chi connectivity index (χ2v) is 6.26. The normalized spacial score (nSPS) is 29.5. The van der Waals surface area contributed by atoms with Gasteiger partial charge in [-0.3, -0.25) is 9.59 Å². The van der Waals surface area contributed by atoms with E-state index in [-0.39, 0.29) is 24.5 Å². The zero-order valence-corrected chi connectivity index (χ0v) is 13.2. The number of esters is 1. The van der Waals surface area contributed by atoms with Crippen LogP contribution in [0, 0.1) is 5.92 Å². The van der Waals surface area contributed by atoms with Crippen LogP contribution < -0.4 is 5.32 Å². The summed E-state index contributed by atoms with van der Waals surface area (Å²) in [4.78, 5) is 24.9. The van der Waals surface area contributed by atoms with Crippen molar-refractivity contribution in [1.29, 1.82) is 0 Å². The Balaban J connectivity index is 1.99. The summed E-state index contributed by atoms with van der Waals surface area (Å²) in [6.07, 6.45) is 0.195. The molecular formula is C15H23F3N2O3. The molecule has 0 spiro atoms. The third-order valence-electron chi connectivity index (χ3n) is 4.60. The molecule has 1 aliphatic heterocycles. The Morgan fingerprint density at radius 3 is 2.61 bits per heavy atom. The quantitative estimate of drug-likeness (QED) is 0.629. The molecule has 0 unspecified atom stereocenters. The first-order chi connectivity index (χ1) is 10.8. The van der Waals surface area contributed by atoms with Gasteiger partial charge in [0.2, 0.25) is 5.91 Å². The third-order valence-corrected chi connectivity index (χ3v) is 4.60. The summed E-state index contributed by atoms with van der Waals surface area (Å²) >= 11 is 0. The van der Waals surface area contributed by atoms with E-state index in [0.717, 1.165) is 30.6 Å². The molecule has 0 bridgehead atoms. The predicted molar refractivity (Wildman–Crippen MR) is 76.6 cm³/mol. The molecule has 1 saturated heterocycles. The molecule has 0 radical (unpaired) electrons. The van der Waals surface area contributed by atoms with Crippen molar-refractivity contribution < 1.29 is 27.5 Å². The maximum absolute atomic E-state index is 12.5. The van der Waals surface area contributed by atoms with Gasteiger partial charge in [-0.1, -0.05) is 19.3 Å². The number of methoxy groups -OCH3 is 1. The van der Waals surface area contributed by atoms with Gasteiger partial charge in [-0.25, -0.2) is 0 Å².